The van der Waals surface area contributed by atoms with Crippen molar-refractivity contribution in [3.05, 3.63) is 11.2 Å². The second kappa shape index (κ2) is 5.51. The largest absolute Gasteiger partial charge is 0.357 e. The van der Waals surface area contributed by atoms with Crippen LogP contribution in [0.4, 0.5) is 11.8 Å². The van der Waals surface area contributed by atoms with E-state index < -0.39 is 0 Å². The van der Waals surface area contributed by atoms with Crippen molar-refractivity contribution in [3.63, 3.8) is 0 Å². The lowest BCUT2D eigenvalue weighted by molar-refractivity contribution is 0.270. The molecule has 0 saturated carbocycles. The molecule has 0 spiro atoms. The lowest BCUT2D eigenvalue weighted by atomic mass is 10.3. The first-order valence-corrected chi connectivity index (χ1v) is 6.30. The van der Waals surface area contributed by atoms with Crippen LogP contribution in [0.15, 0.2) is 6.20 Å². The molecule has 0 unspecified atom stereocenters. The van der Waals surface area contributed by atoms with Gasteiger partial charge in [0.1, 0.15) is 5.02 Å². The van der Waals surface area contributed by atoms with Crippen molar-refractivity contribution in [1.29, 1.82) is 0 Å². The van der Waals surface area contributed by atoms with Crippen LogP contribution in [-0.4, -0.2) is 54.6 Å². The van der Waals surface area contributed by atoms with Crippen molar-refractivity contribution in [3.8, 4) is 0 Å². The summed E-state index contributed by atoms with van der Waals surface area (Å²) in [6.07, 6.45) is 1.65. The summed E-state index contributed by atoms with van der Waals surface area (Å²) >= 11 is 6.15. The van der Waals surface area contributed by atoms with Gasteiger partial charge in [-0.1, -0.05) is 18.5 Å². The van der Waals surface area contributed by atoms with Crippen molar-refractivity contribution in [1.82, 2.24) is 14.9 Å². The summed E-state index contributed by atoms with van der Waals surface area (Å²) in [5.74, 6) is 1.45. The fraction of sp³-hybridized carbons (Fsp3) is 0.636. The minimum Gasteiger partial charge on any atom is -0.357 e. The highest BCUT2D eigenvalue weighted by molar-refractivity contribution is 6.32. The Hall–Kier alpha value is -1.07. The molecule has 0 radical (unpaired) electrons. The summed E-state index contributed by atoms with van der Waals surface area (Å²) in [4.78, 5) is 13.2. The Morgan fingerprint density at radius 2 is 2.06 bits per heavy atom. The number of halogens is 1. The van der Waals surface area contributed by atoms with E-state index in [0.717, 1.165) is 38.5 Å². The summed E-state index contributed by atoms with van der Waals surface area (Å²) in [5, 5.41) is 3.56. The van der Waals surface area contributed by atoms with Gasteiger partial charge in [0.2, 0.25) is 5.95 Å². The lowest BCUT2D eigenvalue weighted by Gasteiger charge is -2.35. The summed E-state index contributed by atoms with van der Waals surface area (Å²) in [7, 11) is 1.81. The second-order valence-corrected chi connectivity index (χ2v) is 4.44. The number of rotatable bonds is 3. The quantitative estimate of drug-likeness (QED) is 0.883. The molecular weight excluding hydrogens is 238 g/mol. The Balaban J connectivity index is 2.12. The highest BCUT2D eigenvalue weighted by Gasteiger charge is 2.19. The number of piperazine rings is 1. The highest BCUT2D eigenvalue weighted by Crippen LogP contribution is 2.24. The maximum absolute atomic E-state index is 6.15. The number of nitrogens with zero attached hydrogens (tertiary/aromatic N) is 4. The lowest BCUT2D eigenvalue weighted by Crippen LogP contribution is -2.46. The molecule has 1 fully saturated rings. The van der Waals surface area contributed by atoms with Crippen LogP contribution in [0.3, 0.4) is 0 Å². The molecule has 6 heteroatoms. The maximum atomic E-state index is 6.15. The minimum absolute atomic E-state index is 0.613. The number of likely N-dealkylation sites (N-methyl/N-ethyl adjacent to an activating group) is 1. The van der Waals surface area contributed by atoms with Crippen LogP contribution >= 0.6 is 11.6 Å². The number of hydrogen-bond acceptors (Lipinski definition) is 5. The van der Waals surface area contributed by atoms with Crippen LogP contribution in [0.5, 0.6) is 0 Å². The van der Waals surface area contributed by atoms with E-state index in [0.29, 0.717) is 11.0 Å². The second-order valence-electron chi connectivity index (χ2n) is 4.04. The van der Waals surface area contributed by atoms with E-state index in [1.54, 1.807) is 6.20 Å². The van der Waals surface area contributed by atoms with E-state index >= 15 is 0 Å². The van der Waals surface area contributed by atoms with Gasteiger partial charge in [-0.15, -0.1) is 0 Å². The van der Waals surface area contributed by atoms with Gasteiger partial charge in [0.25, 0.3) is 0 Å². The molecule has 0 aromatic carbocycles. The fourth-order valence-corrected chi connectivity index (χ4v) is 2.19. The smallest absolute Gasteiger partial charge is 0.224 e. The van der Waals surface area contributed by atoms with Gasteiger partial charge in [-0.2, -0.15) is 4.98 Å². The standard InChI is InChI=1S/C11H18ClN5/c1-3-16-4-6-17(7-5-16)10-9(12)8-14-11(13-2)15-10/h8H,3-7H2,1-2H3,(H,13,14,15). The topological polar surface area (TPSA) is 44.3 Å². The molecule has 0 bridgehead atoms. The van der Waals surface area contributed by atoms with Crippen molar-refractivity contribution in [2.45, 2.75) is 6.92 Å². The van der Waals surface area contributed by atoms with Gasteiger partial charge < -0.3 is 15.1 Å². The first-order chi connectivity index (χ1) is 8.24. The van der Waals surface area contributed by atoms with Crippen molar-refractivity contribution >= 4 is 23.4 Å². The van der Waals surface area contributed by atoms with Gasteiger partial charge in [-0.05, 0) is 6.54 Å². The van der Waals surface area contributed by atoms with Crippen LogP contribution < -0.4 is 10.2 Å². The molecule has 2 heterocycles. The molecule has 1 aromatic rings. The summed E-state index contributed by atoms with van der Waals surface area (Å²) in [6.45, 7) is 7.35. The van der Waals surface area contributed by atoms with E-state index in [1.165, 1.54) is 0 Å². The SMILES string of the molecule is CCN1CCN(c2nc(NC)ncc2Cl)CC1. The van der Waals surface area contributed by atoms with Crippen molar-refractivity contribution in [2.24, 2.45) is 0 Å². The van der Waals surface area contributed by atoms with Crippen LogP contribution in [-0.2, 0) is 0 Å². The zero-order chi connectivity index (χ0) is 12.3. The number of aromatic nitrogens is 2. The van der Waals surface area contributed by atoms with E-state index in [9.17, 15) is 0 Å². The van der Waals surface area contributed by atoms with Gasteiger partial charge in [-0.25, -0.2) is 4.98 Å². The normalized spacial score (nSPS) is 17.2. The average Bonchev–Trinajstić information content (AvgIpc) is 2.39. The van der Waals surface area contributed by atoms with Gasteiger partial charge in [-0.3, -0.25) is 0 Å². The van der Waals surface area contributed by atoms with E-state index in [2.05, 4.69) is 32.0 Å². The van der Waals surface area contributed by atoms with Crippen LogP contribution in [0.1, 0.15) is 6.92 Å². The molecular formula is C11H18ClN5. The Bertz CT molecular complexity index is 376. The average molecular weight is 256 g/mol. The molecule has 1 aliphatic rings. The van der Waals surface area contributed by atoms with Crippen LogP contribution in [0.25, 0.3) is 0 Å². The van der Waals surface area contributed by atoms with E-state index in [1.807, 2.05) is 7.05 Å². The molecule has 17 heavy (non-hydrogen) atoms. The third-order valence-corrected chi connectivity index (χ3v) is 3.33. The fourth-order valence-electron chi connectivity index (χ4n) is 1.98. The van der Waals surface area contributed by atoms with Crippen LogP contribution in [0, 0.1) is 0 Å². The zero-order valence-electron chi connectivity index (χ0n) is 10.3. The first kappa shape index (κ1) is 12.4. The molecule has 0 atom stereocenters. The molecule has 1 aliphatic heterocycles. The minimum atomic E-state index is 0.613. The Labute approximate surface area is 107 Å². The highest BCUT2D eigenvalue weighted by atomic mass is 35.5. The molecule has 5 nitrogen and oxygen atoms in total. The van der Waals surface area contributed by atoms with Gasteiger partial charge >= 0.3 is 0 Å². The number of hydrogen-bond donors (Lipinski definition) is 1. The molecule has 94 valence electrons. The summed E-state index contributed by atoms with van der Waals surface area (Å²) in [6, 6.07) is 0. The third kappa shape index (κ3) is 2.79. The summed E-state index contributed by atoms with van der Waals surface area (Å²) < 4.78 is 0. The molecule has 2 rings (SSSR count). The van der Waals surface area contributed by atoms with E-state index in [-0.39, 0.29) is 0 Å². The molecule has 0 amide bonds. The molecule has 1 saturated heterocycles. The monoisotopic (exact) mass is 255 g/mol. The predicted molar refractivity (Wildman–Crippen MR) is 70.9 cm³/mol. The van der Waals surface area contributed by atoms with Gasteiger partial charge in [0, 0.05) is 33.2 Å². The Morgan fingerprint density at radius 1 is 1.35 bits per heavy atom. The van der Waals surface area contributed by atoms with Gasteiger partial charge in [0.15, 0.2) is 5.82 Å². The number of anilines is 2. The predicted octanol–water partition coefficient (Wildman–Crippen LogP) is 1.31. The Kier molecular flexibility index (Phi) is 4.02. The number of nitrogens with one attached hydrogen (secondary N) is 1. The molecule has 1 N–H and O–H groups in total. The van der Waals surface area contributed by atoms with E-state index in [4.69, 9.17) is 11.6 Å². The summed E-state index contributed by atoms with van der Waals surface area (Å²) in [5.41, 5.74) is 0. The van der Waals surface area contributed by atoms with Gasteiger partial charge in [0.05, 0.1) is 6.20 Å². The van der Waals surface area contributed by atoms with Crippen LogP contribution in [0.2, 0.25) is 5.02 Å². The Morgan fingerprint density at radius 3 is 2.65 bits per heavy atom. The zero-order valence-corrected chi connectivity index (χ0v) is 11.0. The molecule has 1 aromatic heterocycles. The van der Waals surface area contributed by atoms with Crippen molar-refractivity contribution < 1.29 is 0 Å². The first-order valence-electron chi connectivity index (χ1n) is 5.92. The third-order valence-electron chi connectivity index (χ3n) is 3.07. The van der Waals surface area contributed by atoms with Crippen molar-refractivity contribution in [2.75, 3.05) is 50.0 Å². The maximum Gasteiger partial charge on any atom is 0.224 e. The molecule has 0 aliphatic carbocycles.